The van der Waals surface area contributed by atoms with Gasteiger partial charge in [-0.1, -0.05) is 12.2 Å². The minimum atomic E-state index is -3.39. The zero-order valence-electron chi connectivity index (χ0n) is 8.88. The first-order chi connectivity index (χ1) is 7.39. The van der Waals surface area contributed by atoms with Crippen LogP contribution in [0.15, 0.2) is 12.3 Å². The first-order valence-corrected chi connectivity index (χ1v) is 6.69. The molecule has 0 unspecified atom stereocenters. The lowest BCUT2D eigenvalue weighted by molar-refractivity contribution is 0.585. The highest BCUT2D eigenvalue weighted by Crippen LogP contribution is 1.95. The van der Waals surface area contributed by atoms with Gasteiger partial charge in [0.1, 0.15) is 5.75 Å². The molecule has 1 aromatic heterocycles. The maximum absolute atomic E-state index is 11.3. The van der Waals surface area contributed by atoms with Crippen molar-refractivity contribution in [2.45, 2.75) is 6.42 Å². The molecule has 0 saturated heterocycles. The van der Waals surface area contributed by atoms with Gasteiger partial charge >= 0.3 is 0 Å². The Morgan fingerprint density at radius 2 is 2.38 bits per heavy atom. The summed E-state index contributed by atoms with van der Waals surface area (Å²) >= 11 is 4.53. The van der Waals surface area contributed by atoms with Crippen LogP contribution in [0.1, 0.15) is 5.69 Å². The van der Waals surface area contributed by atoms with Gasteiger partial charge in [0.05, 0.1) is 10.7 Å². The molecule has 16 heavy (non-hydrogen) atoms. The van der Waals surface area contributed by atoms with Crippen LogP contribution in [0.25, 0.3) is 0 Å². The van der Waals surface area contributed by atoms with Crippen LogP contribution in [-0.4, -0.2) is 35.5 Å². The second kappa shape index (κ2) is 5.37. The van der Waals surface area contributed by atoms with Crippen molar-refractivity contribution >= 4 is 27.2 Å². The molecule has 1 heterocycles. The van der Waals surface area contributed by atoms with E-state index in [2.05, 4.69) is 22.0 Å². The Hall–Kier alpha value is -0.990. The SMILES string of the molecule is Cn1ccc(CCNS(=O)(=O)CC(N)=S)n1. The molecule has 0 aliphatic heterocycles. The van der Waals surface area contributed by atoms with Crippen LogP contribution >= 0.6 is 12.2 Å². The third kappa shape index (κ3) is 4.69. The van der Waals surface area contributed by atoms with Crippen LogP contribution in [0.4, 0.5) is 0 Å². The smallest absolute Gasteiger partial charge is 0.218 e. The van der Waals surface area contributed by atoms with Crippen LogP contribution in [0.5, 0.6) is 0 Å². The predicted molar refractivity (Wildman–Crippen MR) is 65.5 cm³/mol. The fourth-order valence-corrected chi connectivity index (χ4v) is 2.52. The average Bonchev–Trinajstić information content (AvgIpc) is 2.48. The molecule has 0 radical (unpaired) electrons. The Labute approximate surface area is 99.9 Å². The molecule has 1 aromatic rings. The summed E-state index contributed by atoms with van der Waals surface area (Å²) < 4.78 is 26.7. The summed E-state index contributed by atoms with van der Waals surface area (Å²) in [6.45, 7) is 0.294. The summed E-state index contributed by atoms with van der Waals surface area (Å²) in [4.78, 5) is -0.0367. The number of aryl methyl sites for hydroxylation is 1. The Morgan fingerprint density at radius 3 is 2.88 bits per heavy atom. The predicted octanol–water partition coefficient (Wildman–Crippen LogP) is -0.832. The van der Waals surface area contributed by atoms with Gasteiger partial charge in [0.2, 0.25) is 10.0 Å². The number of rotatable bonds is 6. The van der Waals surface area contributed by atoms with Crippen LogP contribution < -0.4 is 10.5 Å². The highest BCUT2D eigenvalue weighted by molar-refractivity contribution is 7.92. The van der Waals surface area contributed by atoms with Crippen molar-refractivity contribution in [3.63, 3.8) is 0 Å². The summed E-state index contributed by atoms with van der Waals surface area (Å²) in [5, 5.41) is 4.12. The molecule has 0 aliphatic carbocycles. The zero-order valence-corrected chi connectivity index (χ0v) is 10.5. The number of thiocarbonyl (C=S) groups is 1. The number of nitrogens with one attached hydrogen (secondary N) is 1. The van der Waals surface area contributed by atoms with Crippen LogP contribution in [-0.2, 0) is 23.5 Å². The van der Waals surface area contributed by atoms with E-state index in [0.29, 0.717) is 13.0 Å². The minimum Gasteiger partial charge on any atom is -0.392 e. The summed E-state index contributed by atoms with van der Waals surface area (Å²) in [6.07, 6.45) is 2.34. The average molecular weight is 262 g/mol. The molecule has 0 aliphatic rings. The Balaban J connectivity index is 2.38. The first-order valence-electron chi connectivity index (χ1n) is 4.63. The maximum Gasteiger partial charge on any atom is 0.218 e. The van der Waals surface area contributed by atoms with Crippen LogP contribution in [0.3, 0.4) is 0 Å². The number of nitrogens with zero attached hydrogens (tertiary/aromatic N) is 2. The van der Waals surface area contributed by atoms with Gasteiger partial charge < -0.3 is 5.73 Å². The van der Waals surface area contributed by atoms with Crippen molar-refractivity contribution in [2.75, 3.05) is 12.3 Å². The molecular formula is C8H14N4O2S2. The van der Waals surface area contributed by atoms with Crippen molar-refractivity contribution in [1.29, 1.82) is 0 Å². The summed E-state index contributed by atoms with van der Waals surface area (Å²) in [5.41, 5.74) is 6.00. The van der Waals surface area contributed by atoms with Crippen molar-refractivity contribution in [2.24, 2.45) is 12.8 Å². The van der Waals surface area contributed by atoms with Crippen LogP contribution in [0, 0.1) is 0 Å². The van der Waals surface area contributed by atoms with Crippen LogP contribution in [0.2, 0.25) is 0 Å². The van der Waals surface area contributed by atoms with E-state index in [-0.39, 0.29) is 10.7 Å². The van der Waals surface area contributed by atoms with E-state index in [1.165, 1.54) is 0 Å². The summed E-state index contributed by atoms with van der Waals surface area (Å²) in [7, 11) is -1.59. The van der Waals surface area contributed by atoms with Gasteiger partial charge in [0.25, 0.3) is 0 Å². The van der Waals surface area contributed by atoms with Gasteiger partial charge in [0.15, 0.2) is 0 Å². The van der Waals surface area contributed by atoms with Crippen molar-refractivity contribution < 1.29 is 8.42 Å². The highest BCUT2D eigenvalue weighted by atomic mass is 32.2. The third-order valence-electron chi connectivity index (χ3n) is 1.80. The third-order valence-corrected chi connectivity index (χ3v) is 3.47. The van der Waals surface area contributed by atoms with Gasteiger partial charge in [-0.3, -0.25) is 4.68 Å². The fraction of sp³-hybridized carbons (Fsp3) is 0.500. The fourth-order valence-electron chi connectivity index (χ4n) is 1.17. The monoisotopic (exact) mass is 262 g/mol. The van der Waals surface area contributed by atoms with E-state index in [9.17, 15) is 8.42 Å². The minimum absolute atomic E-state index is 0.0367. The van der Waals surface area contributed by atoms with E-state index in [0.717, 1.165) is 5.69 Å². The molecule has 0 amide bonds. The normalized spacial score (nSPS) is 11.6. The van der Waals surface area contributed by atoms with Crippen molar-refractivity contribution in [3.05, 3.63) is 18.0 Å². The number of hydrogen-bond donors (Lipinski definition) is 2. The Morgan fingerprint density at radius 1 is 1.69 bits per heavy atom. The molecule has 1 rings (SSSR count). The number of hydrogen-bond acceptors (Lipinski definition) is 4. The van der Waals surface area contributed by atoms with E-state index in [1.54, 1.807) is 17.9 Å². The zero-order chi connectivity index (χ0) is 12.2. The Bertz CT molecular complexity index is 466. The van der Waals surface area contributed by atoms with E-state index in [1.807, 2.05) is 6.07 Å². The van der Waals surface area contributed by atoms with E-state index < -0.39 is 10.0 Å². The van der Waals surface area contributed by atoms with Gasteiger partial charge in [-0.05, 0) is 6.07 Å². The second-order valence-corrected chi connectivity index (χ2v) is 5.68. The molecule has 8 heteroatoms. The molecule has 0 atom stereocenters. The molecular weight excluding hydrogens is 248 g/mol. The molecule has 0 bridgehead atoms. The topological polar surface area (TPSA) is 90.0 Å². The first kappa shape index (κ1) is 13.1. The molecule has 0 saturated carbocycles. The second-order valence-electron chi connectivity index (χ2n) is 3.35. The molecule has 3 N–H and O–H groups in total. The highest BCUT2D eigenvalue weighted by Gasteiger charge is 2.10. The Kier molecular flexibility index (Phi) is 4.39. The molecule has 0 aromatic carbocycles. The van der Waals surface area contributed by atoms with E-state index >= 15 is 0 Å². The molecule has 6 nitrogen and oxygen atoms in total. The lowest BCUT2D eigenvalue weighted by Gasteiger charge is -2.04. The standard InChI is InChI=1S/C8H14N4O2S2/c1-12-5-3-7(11-12)2-4-10-16(13,14)6-8(9)15/h3,5,10H,2,4,6H2,1H3,(H2,9,15). The number of nitrogens with two attached hydrogens (primary N) is 1. The van der Waals surface area contributed by atoms with Gasteiger partial charge in [-0.2, -0.15) is 5.10 Å². The number of sulfonamides is 1. The summed E-state index contributed by atoms with van der Waals surface area (Å²) in [5.74, 6) is -0.315. The van der Waals surface area contributed by atoms with Gasteiger partial charge in [0, 0.05) is 26.2 Å². The van der Waals surface area contributed by atoms with Gasteiger partial charge in [-0.25, -0.2) is 13.1 Å². The van der Waals surface area contributed by atoms with E-state index in [4.69, 9.17) is 5.73 Å². The lowest BCUT2D eigenvalue weighted by Crippen LogP contribution is -2.33. The van der Waals surface area contributed by atoms with Crippen molar-refractivity contribution in [3.8, 4) is 0 Å². The van der Waals surface area contributed by atoms with Crippen molar-refractivity contribution in [1.82, 2.24) is 14.5 Å². The maximum atomic E-state index is 11.3. The molecule has 90 valence electrons. The molecule has 0 fully saturated rings. The number of aromatic nitrogens is 2. The largest absolute Gasteiger partial charge is 0.392 e. The van der Waals surface area contributed by atoms with Gasteiger partial charge in [-0.15, -0.1) is 0 Å². The quantitative estimate of drug-likeness (QED) is 0.653. The summed E-state index contributed by atoms with van der Waals surface area (Å²) in [6, 6.07) is 1.84. The molecule has 0 spiro atoms. The lowest BCUT2D eigenvalue weighted by atomic mass is 10.3.